The SMILES string of the molecule is CCN(CC(F)(F)F)C(=O)c1ccc(Cl)cc1O. The molecule has 100 valence electrons. The lowest BCUT2D eigenvalue weighted by molar-refractivity contribution is -0.140. The van der Waals surface area contributed by atoms with Crippen LogP contribution in [0.2, 0.25) is 5.02 Å². The average Bonchev–Trinajstić information content (AvgIpc) is 2.24. The molecule has 3 nitrogen and oxygen atoms in total. The first-order valence-electron chi connectivity index (χ1n) is 5.09. The van der Waals surface area contributed by atoms with Gasteiger partial charge in [-0.25, -0.2) is 0 Å². The maximum absolute atomic E-state index is 12.3. The summed E-state index contributed by atoms with van der Waals surface area (Å²) in [5.41, 5.74) is -0.203. The Morgan fingerprint density at radius 3 is 2.50 bits per heavy atom. The lowest BCUT2D eigenvalue weighted by Gasteiger charge is -2.22. The molecule has 1 aromatic carbocycles. The number of aromatic hydroxyl groups is 1. The van der Waals surface area contributed by atoms with Gasteiger partial charge in [0.1, 0.15) is 12.3 Å². The van der Waals surface area contributed by atoms with Crippen LogP contribution in [-0.4, -0.2) is 35.2 Å². The van der Waals surface area contributed by atoms with Gasteiger partial charge in [-0.2, -0.15) is 13.2 Å². The van der Waals surface area contributed by atoms with Gasteiger partial charge in [-0.15, -0.1) is 0 Å². The van der Waals surface area contributed by atoms with Crippen molar-refractivity contribution in [3.8, 4) is 5.75 Å². The third kappa shape index (κ3) is 3.80. The zero-order valence-corrected chi connectivity index (χ0v) is 10.2. The molecular weight excluding hydrogens is 271 g/mol. The molecule has 1 aromatic rings. The maximum Gasteiger partial charge on any atom is 0.406 e. The van der Waals surface area contributed by atoms with Crippen LogP contribution in [0.25, 0.3) is 0 Å². The molecule has 1 N–H and O–H groups in total. The van der Waals surface area contributed by atoms with E-state index in [4.69, 9.17) is 11.6 Å². The predicted octanol–water partition coefficient (Wildman–Crippen LogP) is 3.07. The van der Waals surface area contributed by atoms with E-state index < -0.39 is 24.4 Å². The minimum Gasteiger partial charge on any atom is -0.507 e. The predicted molar refractivity (Wildman–Crippen MR) is 60.7 cm³/mol. The van der Waals surface area contributed by atoms with Gasteiger partial charge < -0.3 is 10.0 Å². The van der Waals surface area contributed by atoms with Crippen LogP contribution in [0.15, 0.2) is 18.2 Å². The highest BCUT2D eigenvalue weighted by molar-refractivity contribution is 6.30. The number of rotatable bonds is 3. The normalized spacial score (nSPS) is 11.4. The van der Waals surface area contributed by atoms with Crippen molar-refractivity contribution in [1.82, 2.24) is 4.90 Å². The Morgan fingerprint density at radius 1 is 1.44 bits per heavy atom. The second kappa shape index (κ2) is 5.48. The van der Waals surface area contributed by atoms with Gasteiger partial charge in [0.15, 0.2) is 0 Å². The Hall–Kier alpha value is -1.43. The summed E-state index contributed by atoms with van der Waals surface area (Å²) in [6.45, 7) is -0.0403. The number of benzene rings is 1. The molecule has 7 heteroatoms. The van der Waals surface area contributed by atoms with Crippen LogP contribution in [0.4, 0.5) is 13.2 Å². The summed E-state index contributed by atoms with van der Waals surface area (Å²) in [6, 6.07) is 3.63. The number of alkyl halides is 3. The van der Waals surface area contributed by atoms with Gasteiger partial charge in [-0.3, -0.25) is 4.79 Å². The molecule has 0 saturated carbocycles. The minimum atomic E-state index is -4.48. The van der Waals surface area contributed by atoms with E-state index in [-0.39, 0.29) is 17.1 Å². The molecule has 1 amide bonds. The number of carbonyl (C=O) groups excluding carboxylic acids is 1. The molecule has 0 heterocycles. The smallest absolute Gasteiger partial charge is 0.406 e. The molecule has 0 saturated heterocycles. The highest BCUT2D eigenvalue weighted by Crippen LogP contribution is 2.24. The third-order valence-electron chi connectivity index (χ3n) is 2.23. The van der Waals surface area contributed by atoms with E-state index >= 15 is 0 Å². The first kappa shape index (κ1) is 14.6. The Kier molecular flexibility index (Phi) is 4.45. The van der Waals surface area contributed by atoms with Gasteiger partial charge in [0.05, 0.1) is 5.56 Å². The molecule has 0 radical (unpaired) electrons. The largest absolute Gasteiger partial charge is 0.507 e. The summed E-state index contributed by atoms with van der Waals surface area (Å²) in [5.74, 6) is -1.32. The Bertz CT molecular complexity index is 448. The lowest BCUT2D eigenvalue weighted by atomic mass is 10.1. The summed E-state index contributed by atoms with van der Waals surface area (Å²) in [7, 11) is 0. The van der Waals surface area contributed by atoms with Crippen molar-refractivity contribution >= 4 is 17.5 Å². The number of halogens is 4. The summed E-state index contributed by atoms with van der Waals surface area (Å²) in [5, 5.41) is 9.69. The van der Waals surface area contributed by atoms with Gasteiger partial charge in [0.2, 0.25) is 0 Å². The highest BCUT2D eigenvalue weighted by atomic mass is 35.5. The number of amides is 1. The third-order valence-corrected chi connectivity index (χ3v) is 2.46. The molecule has 0 aliphatic rings. The highest BCUT2D eigenvalue weighted by Gasteiger charge is 2.33. The first-order valence-corrected chi connectivity index (χ1v) is 5.47. The molecule has 0 atom stereocenters. The zero-order valence-electron chi connectivity index (χ0n) is 9.46. The van der Waals surface area contributed by atoms with E-state index in [0.29, 0.717) is 4.90 Å². The molecule has 1 rings (SSSR count). The van der Waals surface area contributed by atoms with Crippen molar-refractivity contribution in [2.45, 2.75) is 13.1 Å². The van der Waals surface area contributed by atoms with Gasteiger partial charge in [0, 0.05) is 11.6 Å². The molecular formula is C11H11ClF3NO2. The second-order valence-electron chi connectivity index (χ2n) is 3.60. The van der Waals surface area contributed by atoms with E-state index in [1.807, 2.05) is 0 Å². The van der Waals surface area contributed by atoms with Crippen LogP contribution >= 0.6 is 11.6 Å². The summed E-state index contributed by atoms with van der Waals surface area (Å²) < 4.78 is 36.8. The van der Waals surface area contributed by atoms with Crippen LogP contribution in [0, 0.1) is 0 Å². The number of hydrogen-bond donors (Lipinski definition) is 1. The van der Waals surface area contributed by atoms with E-state index in [2.05, 4.69) is 0 Å². The molecule has 18 heavy (non-hydrogen) atoms. The van der Waals surface area contributed by atoms with E-state index in [1.165, 1.54) is 19.1 Å². The van der Waals surface area contributed by atoms with Crippen molar-refractivity contribution in [2.24, 2.45) is 0 Å². The molecule has 0 unspecified atom stereocenters. The van der Waals surface area contributed by atoms with Crippen molar-refractivity contribution in [1.29, 1.82) is 0 Å². The monoisotopic (exact) mass is 281 g/mol. The molecule has 0 fully saturated rings. The van der Waals surface area contributed by atoms with Gasteiger partial charge in [-0.1, -0.05) is 11.6 Å². The number of nitrogens with zero attached hydrogens (tertiary/aromatic N) is 1. The number of hydrogen-bond acceptors (Lipinski definition) is 2. The van der Waals surface area contributed by atoms with Crippen LogP contribution < -0.4 is 0 Å². The Morgan fingerprint density at radius 2 is 2.06 bits per heavy atom. The molecule has 0 bridgehead atoms. The van der Waals surface area contributed by atoms with Gasteiger partial charge in [-0.05, 0) is 25.1 Å². The first-order chi connectivity index (χ1) is 8.24. The number of carbonyl (C=O) groups is 1. The molecule has 0 aromatic heterocycles. The quantitative estimate of drug-likeness (QED) is 0.925. The van der Waals surface area contributed by atoms with Crippen LogP contribution in [0.1, 0.15) is 17.3 Å². The lowest BCUT2D eigenvalue weighted by Crippen LogP contribution is -2.38. The Balaban J connectivity index is 2.97. The van der Waals surface area contributed by atoms with Gasteiger partial charge >= 0.3 is 6.18 Å². The average molecular weight is 282 g/mol. The van der Waals surface area contributed by atoms with Crippen LogP contribution in [0.5, 0.6) is 5.75 Å². The second-order valence-corrected chi connectivity index (χ2v) is 4.03. The maximum atomic E-state index is 12.3. The molecule has 0 aliphatic heterocycles. The summed E-state index contributed by atoms with van der Waals surface area (Å²) in [6.07, 6.45) is -4.48. The van der Waals surface area contributed by atoms with Crippen molar-refractivity contribution in [3.05, 3.63) is 28.8 Å². The van der Waals surface area contributed by atoms with Gasteiger partial charge in [0.25, 0.3) is 5.91 Å². The summed E-state index contributed by atoms with van der Waals surface area (Å²) >= 11 is 5.58. The van der Waals surface area contributed by atoms with Crippen molar-refractivity contribution < 1.29 is 23.1 Å². The molecule has 0 spiro atoms. The van der Waals surface area contributed by atoms with Crippen LogP contribution in [0.3, 0.4) is 0 Å². The van der Waals surface area contributed by atoms with E-state index in [0.717, 1.165) is 6.07 Å². The Labute approximate surface area is 107 Å². The fourth-order valence-electron chi connectivity index (χ4n) is 1.40. The number of phenols is 1. The van der Waals surface area contributed by atoms with E-state index in [9.17, 15) is 23.1 Å². The summed E-state index contributed by atoms with van der Waals surface area (Å²) in [4.78, 5) is 12.4. The molecule has 0 aliphatic carbocycles. The minimum absolute atomic E-state index is 0.111. The fraction of sp³-hybridized carbons (Fsp3) is 0.364. The zero-order chi connectivity index (χ0) is 13.9. The van der Waals surface area contributed by atoms with Crippen molar-refractivity contribution in [2.75, 3.05) is 13.1 Å². The number of phenolic OH excluding ortho intramolecular Hbond substituents is 1. The standard InChI is InChI=1S/C11H11ClF3NO2/c1-2-16(6-11(13,14)15)10(18)8-4-3-7(12)5-9(8)17/h3-5,17H,2,6H2,1H3. The van der Waals surface area contributed by atoms with Crippen LogP contribution in [-0.2, 0) is 0 Å². The van der Waals surface area contributed by atoms with Crippen molar-refractivity contribution in [3.63, 3.8) is 0 Å². The van der Waals surface area contributed by atoms with E-state index in [1.54, 1.807) is 0 Å². The topological polar surface area (TPSA) is 40.5 Å². The fourth-order valence-corrected chi connectivity index (χ4v) is 1.57.